The Hall–Kier alpha value is -2.54. The second-order valence-corrected chi connectivity index (χ2v) is 7.65. The van der Waals surface area contributed by atoms with Gasteiger partial charge in [-0.1, -0.05) is 29.8 Å². The molecule has 1 aliphatic rings. The van der Waals surface area contributed by atoms with Gasteiger partial charge in [0.15, 0.2) is 0 Å². The quantitative estimate of drug-likeness (QED) is 0.623. The molecule has 30 heavy (non-hydrogen) atoms. The Morgan fingerprint density at radius 2 is 1.80 bits per heavy atom. The first-order valence-electron chi connectivity index (χ1n) is 9.51. The lowest BCUT2D eigenvalue weighted by Crippen LogP contribution is -2.39. The summed E-state index contributed by atoms with van der Waals surface area (Å²) in [7, 11) is 1.26. The molecular weight excluding hydrogens is 419 g/mol. The number of halogens is 4. The summed E-state index contributed by atoms with van der Waals surface area (Å²) >= 11 is 6.00. The molecule has 1 heterocycles. The second kappa shape index (κ2) is 9.08. The van der Waals surface area contributed by atoms with Gasteiger partial charge in [-0.25, -0.2) is 4.79 Å². The van der Waals surface area contributed by atoms with Gasteiger partial charge in [0.2, 0.25) is 5.91 Å². The molecule has 1 fully saturated rings. The maximum atomic E-state index is 13.3. The lowest BCUT2D eigenvalue weighted by molar-refractivity contribution is -0.139. The first kappa shape index (κ1) is 22.2. The van der Waals surface area contributed by atoms with Crippen LogP contribution in [0.1, 0.15) is 45.8 Å². The van der Waals surface area contributed by atoms with Crippen molar-refractivity contribution in [3.05, 3.63) is 69.7 Å². The Morgan fingerprint density at radius 3 is 2.43 bits per heavy atom. The van der Waals surface area contributed by atoms with Crippen molar-refractivity contribution in [1.82, 2.24) is 4.90 Å². The van der Waals surface area contributed by atoms with E-state index in [9.17, 15) is 22.8 Å². The summed E-state index contributed by atoms with van der Waals surface area (Å²) in [5.74, 6) is -1.02. The zero-order chi connectivity index (χ0) is 21.9. The van der Waals surface area contributed by atoms with Crippen LogP contribution in [0.2, 0.25) is 5.02 Å². The van der Waals surface area contributed by atoms with Crippen molar-refractivity contribution in [3.63, 3.8) is 0 Å². The number of benzene rings is 2. The number of hydrogen-bond donors (Lipinski definition) is 0. The summed E-state index contributed by atoms with van der Waals surface area (Å²) in [6, 6.07) is 10.2. The van der Waals surface area contributed by atoms with Crippen molar-refractivity contribution in [3.8, 4) is 0 Å². The van der Waals surface area contributed by atoms with Crippen LogP contribution in [0.25, 0.3) is 0 Å². The van der Waals surface area contributed by atoms with Gasteiger partial charge in [0.05, 0.1) is 24.7 Å². The van der Waals surface area contributed by atoms with Crippen LogP contribution in [-0.2, 0) is 22.1 Å². The summed E-state index contributed by atoms with van der Waals surface area (Å²) in [4.78, 5) is 26.3. The van der Waals surface area contributed by atoms with Crippen molar-refractivity contribution in [2.75, 3.05) is 20.2 Å². The third kappa shape index (κ3) is 4.95. The average molecular weight is 440 g/mol. The summed E-state index contributed by atoms with van der Waals surface area (Å²) < 4.78 is 44.7. The van der Waals surface area contributed by atoms with Gasteiger partial charge in [-0.15, -0.1) is 0 Å². The lowest BCUT2D eigenvalue weighted by Gasteiger charge is -2.33. The molecule has 8 heteroatoms. The zero-order valence-corrected chi connectivity index (χ0v) is 17.1. The van der Waals surface area contributed by atoms with Gasteiger partial charge in [-0.05, 0) is 54.2 Å². The van der Waals surface area contributed by atoms with Crippen molar-refractivity contribution >= 4 is 23.5 Å². The number of hydrogen-bond acceptors (Lipinski definition) is 3. The Balaban J connectivity index is 1.69. The van der Waals surface area contributed by atoms with Crippen LogP contribution in [-0.4, -0.2) is 37.0 Å². The fourth-order valence-corrected chi connectivity index (χ4v) is 4.04. The fraction of sp³-hybridized carbons (Fsp3) is 0.364. The monoisotopic (exact) mass is 439 g/mol. The zero-order valence-electron chi connectivity index (χ0n) is 16.3. The molecule has 1 saturated heterocycles. The molecule has 0 N–H and O–H groups in total. The molecule has 0 radical (unpaired) electrons. The van der Waals surface area contributed by atoms with E-state index in [-0.39, 0.29) is 29.4 Å². The molecule has 0 saturated carbocycles. The van der Waals surface area contributed by atoms with E-state index >= 15 is 0 Å². The fourth-order valence-electron chi connectivity index (χ4n) is 3.84. The Bertz CT molecular complexity index is 937. The highest BCUT2D eigenvalue weighted by Gasteiger charge is 2.36. The van der Waals surface area contributed by atoms with Gasteiger partial charge in [0.1, 0.15) is 0 Å². The number of methoxy groups -OCH3 is 1. The van der Waals surface area contributed by atoms with E-state index in [0.29, 0.717) is 36.5 Å². The predicted molar refractivity (Wildman–Crippen MR) is 106 cm³/mol. The van der Waals surface area contributed by atoms with Crippen LogP contribution < -0.4 is 0 Å². The van der Waals surface area contributed by atoms with E-state index in [1.54, 1.807) is 23.1 Å². The first-order valence-corrected chi connectivity index (χ1v) is 9.89. The van der Waals surface area contributed by atoms with Crippen LogP contribution in [0.15, 0.2) is 42.5 Å². The number of likely N-dealkylation sites (tertiary alicyclic amines) is 1. The number of nitrogens with zero attached hydrogens (tertiary/aromatic N) is 1. The van der Waals surface area contributed by atoms with Crippen LogP contribution in [0.4, 0.5) is 13.2 Å². The second-order valence-electron chi connectivity index (χ2n) is 7.21. The number of amides is 1. The minimum Gasteiger partial charge on any atom is -0.465 e. The van der Waals surface area contributed by atoms with Crippen molar-refractivity contribution in [2.45, 2.75) is 31.4 Å². The summed E-state index contributed by atoms with van der Waals surface area (Å²) in [6.07, 6.45) is -3.55. The standard InChI is InChI=1S/C22H21ClF3NO3/c1-30-21(29)18-7-6-16(23)12-15(18)13-20(28)27-10-8-14(9-11-27)17-4-2-3-5-19(17)22(24,25)26/h2-7,12,14H,8-11,13H2,1H3. The Kier molecular flexibility index (Phi) is 6.71. The number of carbonyl (C=O) groups excluding carboxylic acids is 2. The Morgan fingerprint density at radius 1 is 1.13 bits per heavy atom. The minimum atomic E-state index is -4.40. The van der Waals surface area contributed by atoms with Crippen LogP contribution in [0.5, 0.6) is 0 Å². The van der Waals surface area contributed by atoms with E-state index in [4.69, 9.17) is 16.3 Å². The summed E-state index contributed by atoms with van der Waals surface area (Å²) in [6.45, 7) is 0.702. The van der Waals surface area contributed by atoms with Crippen LogP contribution >= 0.6 is 11.6 Å². The molecule has 3 rings (SSSR count). The third-order valence-corrected chi connectivity index (χ3v) is 5.60. The molecule has 0 bridgehead atoms. The van der Waals surface area contributed by atoms with Crippen molar-refractivity contribution in [2.24, 2.45) is 0 Å². The minimum absolute atomic E-state index is 0.0329. The lowest BCUT2D eigenvalue weighted by atomic mass is 9.86. The molecule has 4 nitrogen and oxygen atoms in total. The normalized spacial score (nSPS) is 15.2. The maximum Gasteiger partial charge on any atom is 0.416 e. The van der Waals surface area contributed by atoms with Gasteiger partial charge in [-0.3, -0.25) is 4.79 Å². The number of ether oxygens (including phenoxy) is 1. The smallest absolute Gasteiger partial charge is 0.416 e. The summed E-state index contributed by atoms with van der Waals surface area (Å²) in [5, 5.41) is 0.396. The highest BCUT2D eigenvalue weighted by molar-refractivity contribution is 6.30. The van der Waals surface area contributed by atoms with Gasteiger partial charge in [0.25, 0.3) is 0 Å². The van der Waals surface area contributed by atoms with Crippen molar-refractivity contribution < 1.29 is 27.5 Å². The Labute approximate surface area is 177 Å². The van der Waals surface area contributed by atoms with E-state index in [0.717, 1.165) is 6.07 Å². The van der Waals surface area contributed by atoms with Crippen LogP contribution in [0, 0.1) is 0 Å². The van der Waals surface area contributed by atoms with E-state index < -0.39 is 17.7 Å². The molecule has 0 aliphatic carbocycles. The SMILES string of the molecule is COC(=O)c1ccc(Cl)cc1CC(=O)N1CCC(c2ccccc2C(F)(F)F)CC1. The highest BCUT2D eigenvalue weighted by Crippen LogP contribution is 2.38. The number of esters is 1. The molecule has 1 amide bonds. The third-order valence-electron chi connectivity index (χ3n) is 5.37. The topological polar surface area (TPSA) is 46.6 Å². The molecule has 0 atom stereocenters. The average Bonchev–Trinajstić information content (AvgIpc) is 2.73. The summed E-state index contributed by atoms with van der Waals surface area (Å²) in [5.41, 5.74) is 0.393. The van der Waals surface area contributed by atoms with Crippen LogP contribution in [0.3, 0.4) is 0 Å². The molecule has 0 spiro atoms. The molecule has 0 unspecified atom stereocenters. The van der Waals surface area contributed by atoms with Gasteiger partial charge < -0.3 is 9.64 Å². The molecular formula is C22H21ClF3NO3. The highest BCUT2D eigenvalue weighted by atomic mass is 35.5. The molecule has 1 aliphatic heterocycles. The number of alkyl halides is 3. The molecule has 2 aromatic rings. The van der Waals surface area contributed by atoms with Crippen molar-refractivity contribution in [1.29, 1.82) is 0 Å². The maximum absolute atomic E-state index is 13.3. The van der Waals surface area contributed by atoms with E-state index in [2.05, 4.69) is 0 Å². The molecule has 160 valence electrons. The first-order chi connectivity index (χ1) is 14.2. The molecule has 2 aromatic carbocycles. The number of carbonyl (C=O) groups is 2. The number of rotatable bonds is 4. The number of piperidine rings is 1. The van der Waals surface area contributed by atoms with Gasteiger partial charge in [0, 0.05) is 18.1 Å². The van der Waals surface area contributed by atoms with E-state index in [1.807, 2.05) is 0 Å². The van der Waals surface area contributed by atoms with E-state index in [1.165, 1.54) is 25.3 Å². The predicted octanol–water partition coefficient (Wildman–Crippen LogP) is 5.09. The largest absolute Gasteiger partial charge is 0.465 e. The van der Waals surface area contributed by atoms with Gasteiger partial charge >= 0.3 is 12.1 Å². The molecule has 0 aromatic heterocycles. The van der Waals surface area contributed by atoms with Gasteiger partial charge in [-0.2, -0.15) is 13.2 Å².